The van der Waals surface area contributed by atoms with Crippen LogP contribution in [0.4, 0.5) is 0 Å². The second-order valence-corrected chi connectivity index (χ2v) is 9.74. The van der Waals surface area contributed by atoms with Crippen LogP contribution in [-0.4, -0.2) is 46.7 Å². The molecule has 0 spiro atoms. The minimum atomic E-state index is -0.0756. The predicted octanol–water partition coefficient (Wildman–Crippen LogP) is 2.47. The molecule has 1 aliphatic heterocycles. The van der Waals surface area contributed by atoms with Crippen molar-refractivity contribution in [1.29, 1.82) is 0 Å². The van der Waals surface area contributed by atoms with Gasteiger partial charge in [0.15, 0.2) is 0 Å². The average molecular weight is 390 g/mol. The molecule has 0 aromatic carbocycles. The van der Waals surface area contributed by atoms with Crippen molar-refractivity contribution in [2.24, 2.45) is 11.3 Å². The lowest BCUT2D eigenvalue weighted by molar-refractivity contribution is -0.135. The molecule has 4 rings (SSSR count). The van der Waals surface area contributed by atoms with Crippen LogP contribution in [0.1, 0.15) is 37.6 Å². The molecule has 1 amide bonds. The van der Waals surface area contributed by atoms with Gasteiger partial charge in [-0.1, -0.05) is 20.8 Å². The molecule has 0 bridgehead atoms. The Kier molecular flexibility index (Phi) is 4.84. The van der Waals surface area contributed by atoms with Gasteiger partial charge in [0.05, 0.1) is 24.9 Å². The number of rotatable bonds is 2. The van der Waals surface area contributed by atoms with Gasteiger partial charge >= 0.3 is 0 Å². The minimum Gasteiger partial charge on any atom is -0.378 e. The average Bonchev–Trinajstić information content (AvgIpc) is 3.02. The number of thiophene rings is 1. The van der Waals surface area contributed by atoms with Gasteiger partial charge in [-0.15, -0.1) is 11.3 Å². The van der Waals surface area contributed by atoms with Crippen molar-refractivity contribution in [1.82, 2.24) is 14.5 Å². The quantitative estimate of drug-likeness (QED) is 0.792. The van der Waals surface area contributed by atoms with Crippen molar-refractivity contribution in [3.05, 3.63) is 27.1 Å². The van der Waals surface area contributed by atoms with Crippen LogP contribution < -0.4 is 5.56 Å². The molecule has 3 heterocycles. The lowest BCUT2D eigenvalue weighted by atomic mass is 9.72. The van der Waals surface area contributed by atoms with Gasteiger partial charge in [0.1, 0.15) is 11.4 Å². The van der Waals surface area contributed by atoms with E-state index >= 15 is 0 Å². The Bertz CT molecular complexity index is 919. The van der Waals surface area contributed by atoms with Crippen LogP contribution in [0.15, 0.2) is 11.1 Å². The van der Waals surface area contributed by atoms with E-state index in [4.69, 9.17) is 4.74 Å². The smallest absolute Gasteiger partial charge is 0.262 e. The number of nitrogens with zero attached hydrogens (tertiary/aromatic N) is 3. The molecule has 2 aromatic heterocycles. The molecular formula is C20H27N3O3S. The zero-order chi connectivity index (χ0) is 19.2. The normalized spacial score (nSPS) is 20.7. The maximum absolute atomic E-state index is 13.1. The molecule has 1 atom stereocenters. The van der Waals surface area contributed by atoms with E-state index in [-0.39, 0.29) is 23.4 Å². The molecule has 0 saturated carbocycles. The SMILES string of the molecule is CC(C)(C)[C@@H]1CCc2c(sc3ncn(CC(=O)N4CCOCC4)c(=O)c23)C1. The number of amides is 1. The summed E-state index contributed by atoms with van der Waals surface area (Å²) in [5.74, 6) is 0.585. The highest BCUT2D eigenvalue weighted by Gasteiger charge is 2.32. The van der Waals surface area contributed by atoms with Crippen LogP contribution in [0, 0.1) is 11.3 Å². The minimum absolute atomic E-state index is 0.0431. The molecular weight excluding hydrogens is 362 g/mol. The number of ether oxygens (including phenoxy) is 1. The third-order valence-corrected chi connectivity index (χ3v) is 7.09. The van der Waals surface area contributed by atoms with Crippen LogP contribution in [0.5, 0.6) is 0 Å². The van der Waals surface area contributed by atoms with Crippen LogP contribution in [-0.2, 0) is 28.9 Å². The molecule has 0 radical (unpaired) electrons. The fourth-order valence-corrected chi connectivity index (χ4v) is 5.37. The van der Waals surface area contributed by atoms with Crippen LogP contribution in [0.25, 0.3) is 10.2 Å². The molecule has 6 nitrogen and oxygen atoms in total. The zero-order valence-corrected chi connectivity index (χ0v) is 17.1. The second kappa shape index (κ2) is 7.02. The highest BCUT2D eigenvalue weighted by Crippen LogP contribution is 2.41. The number of aromatic nitrogens is 2. The Hall–Kier alpha value is -1.73. The van der Waals surface area contributed by atoms with Crippen molar-refractivity contribution in [3.63, 3.8) is 0 Å². The maximum atomic E-state index is 13.1. The topological polar surface area (TPSA) is 64.4 Å². The van der Waals surface area contributed by atoms with Crippen molar-refractivity contribution >= 4 is 27.5 Å². The van der Waals surface area contributed by atoms with Gasteiger partial charge in [0.2, 0.25) is 5.91 Å². The number of carbonyl (C=O) groups is 1. The maximum Gasteiger partial charge on any atom is 0.262 e. The molecule has 1 aliphatic carbocycles. The van der Waals surface area contributed by atoms with E-state index in [1.54, 1.807) is 16.2 Å². The molecule has 0 N–H and O–H groups in total. The summed E-state index contributed by atoms with van der Waals surface area (Å²) >= 11 is 1.65. The van der Waals surface area contributed by atoms with E-state index < -0.39 is 0 Å². The first-order valence-corrected chi connectivity index (χ1v) is 10.5. The van der Waals surface area contributed by atoms with Gasteiger partial charge in [0.25, 0.3) is 5.56 Å². The van der Waals surface area contributed by atoms with Crippen molar-refractivity contribution in [2.45, 2.75) is 46.6 Å². The number of hydrogen-bond donors (Lipinski definition) is 0. The Labute approximate surface area is 163 Å². The zero-order valence-electron chi connectivity index (χ0n) is 16.3. The van der Waals surface area contributed by atoms with E-state index in [0.717, 1.165) is 29.5 Å². The van der Waals surface area contributed by atoms with E-state index in [2.05, 4.69) is 25.8 Å². The number of aryl methyl sites for hydroxylation is 1. The van der Waals surface area contributed by atoms with Gasteiger partial charge in [-0.05, 0) is 36.2 Å². The molecule has 0 unspecified atom stereocenters. The van der Waals surface area contributed by atoms with E-state index in [9.17, 15) is 9.59 Å². The van der Waals surface area contributed by atoms with Crippen molar-refractivity contribution in [3.8, 4) is 0 Å². The summed E-state index contributed by atoms with van der Waals surface area (Å²) < 4.78 is 6.77. The Balaban J connectivity index is 1.63. The third kappa shape index (κ3) is 3.55. The Morgan fingerprint density at radius 2 is 2.07 bits per heavy atom. The molecule has 2 aromatic rings. The van der Waals surface area contributed by atoms with E-state index in [1.807, 2.05) is 0 Å². The number of hydrogen-bond acceptors (Lipinski definition) is 5. The van der Waals surface area contributed by atoms with Crippen molar-refractivity contribution in [2.75, 3.05) is 26.3 Å². The van der Waals surface area contributed by atoms with Crippen LogP contribution in [0.3, 0.4) is 0 Å². The Morgan fingerprint density at radius 1 is 1.33 bits per heavy atom. The molecule has 1 saturated heterocycles. The number of fused-ring (bicyclic) bond motifs is 3. The summed E-state index contributed by atoms with van der Waals surface area (Å²) in [5, 5.41) is 0.736. The summed E-state index contributed by atoms with van der Waals surface area (Å²) in [5.41, 5.74) is 1.36. The highest BCUT2D eigenvalue weighted by atomic mass is 32.1. The summed E-state index contributed by atoms with van der Waals surface area (Å²) in [7, 11) is 0. The molecule has 1 fully saturated rings. The molecule has 7 heteroatoms. The summed E-state index contributed by atoms with van der Waals surface area (Å²) in [6.45, 7) is 9.22. The van der Waals surface area contributed by atoms with Crippen LogP contribution >= 0.6 is 11.3 Å². The van der Waals surface area contributed by atoms with Gasteiger partial charge in [-0.25, -0.2) is 4.98 Å². The van der Waals surface area contributed by atoms with Gasteiger partial charge in [-0.2, -0.15) is 0 Å². The predicted molar refractivity (Wildman–Crippen MR) is 106 cm³/mol. The third-order valence-electron chi connectivity index (χ3n) is 5.93. The van der Waals surface area contributed by atoms with E-state index in [1.165, 1.54) is 21.3 Å². The fraction of sp³-hybridized carbons (Fsp3) is 0.650. The summed E-state index contributed by atoms with van der Waals surface area (Å²) in [6, 6.07) is 0. The Morgan fingerprint density at radius 3 is 2.78 bits per heavy atom. The standard InChI is InChI=1S/C20H27N3O3S/c1-20(2,3)13-4-5-14-15(10-13)27-18-17(14)19(25)23(12-21-18)11-16(24)22-6-8-26-9-7-22/h12-13H,4-11H2,1-3H3/t13-/m1/s1. The lowest BCUT2D eigenvalue weighted by Crippen LogP contribution is -2.43. The molecule has 27 heavy (non-hydrogen) atoms. The van der Waals surface area contributed by atoms with E-state index in [0.29, 0.717) is 32.2 Å². The molecule has 2 aliphatic rings. The van der Waals surface area contributed by atoms with Gasteiger partial charge < -0.3 is 9.64 Å². The first-order chi connectivity index (χ1) is 12.8. The van der Waals surface area contributed by atoms with Crippen LogP contribution in [0.2, 0.25) is 0 Å². The first kappa shape index (κ1) is 18.6. The molecule has 146 valence electrons. The number of morpholine rings is 1. The van der Waals surface area contributed by atoms with Gasteiger partial charge in [-0.3, -0.25) is 14.2 Å². The highest BCUT2D eigenvalue weighted by molar-refractivity contribution is 7.18. The summed E-state index contributed by atoms with van der Waals surface area (Å²) in [6.07, 6.45) is 4.58. The first-order valence-electron chi connectivity index (χ1n) is 9.70. The monoisotopic (exact) mass is 389 g/mol. The summed E-state index contributed by atoms with van der Waals surface area (Å²) in [4.78, 5) is 34.0. The lowest BCUT2D eigenvalue weighted by Gasteiger charge is -2.33. The van der Waals surface area contributed by atoms with Gasteiger partial charge in [0, 0.05) is 18.0 Å². The second-order valence-electron chi connectivity index (χ2n) is 8.66. The fourth-order valence-electron chi connectivity index (χ4n) is 4.11. The number of carbonyl (C=O) groups excluding carboxylic acids is 1. The largest absolute Gasteiger partial charge is 0.378 e. The van der Waals surface area contributed by atoms with Crippen molar-refractivity contribution < 1.29 is 9.53 Å².